The number of ether oxygens (including phenoxy) is 1. The average molecular weight is 421 g/mol. The van der Waals surface area contributed by atoms with E-state index in [9.17, 15) is 4.79 Å². The summed E-state index contributed by atoms with van der Waals surface area (Å²) in [6, 6.07) is 17.4. The van der Waals surface area contributed by atoms with Crippen LogP contribution < -0.4 is 10.1 Å². The molecule has 0 saturated heterocycles. The number of nitrogens with one attached hydrogen (secondary N) is 1. The van der Waals surface area contributed by atoms with E-state index < -0.39 is 0 Å². The lowest BCUT2D eigenvalue weighted by Gasteiger charge is -2.22. The molecule has 2 aliphatic rings. The average Bonchev–Trinajstić information content (AvgIpc) is 3.26. The zero-order valence-corrected chi connectivity index (χ0v) is 17.7. The van der Waals surface area contributed by atoms with Crippen molar-refractivity contribution >= 4 is 28.4 Å². The van der Waals surface area contributed by atoms with E-state index in [2.05, 4.69) is 29.4 Å². The smallest absolute Gasteiger partial charge is 0.251 e. The number of carbonyl (C=O) groups is 1. The molecule has 4 nitrogen and oxygen atoms in total. The molecule has 0 unspecified atom stereocenters. The maximum atomic E-state index is 12.6. The first kappa shape index (κ1) is 19.4. The molecule has 0 radical (unpaired) electrons. The van der Waals surface area contributed by atoms with Gasteiger partial charge < -0.3 is 10.1 Å². The minimum atomic E-state index is -0.0156. The normalized spacial score (nSPS) is 23.7. The van der Waals surface area contributed by atoms with Crippen molar-refractivity contribution in [1.82, 2.24) is 10.3 Å². The first-order valence-electron chi connectivity index (χ1n) is 10.7. The molecule has 5 heteroatoms. The Balaban J connectivity index is 1.20. The molecule has 3 aromatic rings. The quantitative estimate of drug-likeness (QED) is 0.572. The van der Waals surface area contributed by atoms with Gasteiger partial charge in [0, 0.05) is 28.2 Å². The van der Waals surface area contributed by atoms with Crippen molar-refractivity contribution in [1.29, 1.82) is 0 Å². The molecular weight excluding hydrogens is 396 g/mol. The van der Waals surface area contributed by atoms with E-state index in [1.165, 1.54) is 0 Å². The number of halogens is 1. The fourth-order valence-electron chi connectivity index (χ4n) is 5.21. The van der Waals surface area contributed by atoms with Crippen LogP contribution in [0.25, 0.3) is 10.9 Å². The number of hydrogen-bond donors (Lipinski definition) is 1. The summed E-state index contributed by atoms with van der Waals surface area (Å²) in [4.78, 5) is 17.1. The Hall–Kier alpha value is -2.59. The number of carbonyl (C=O) groups excluding carboxylic acids is 1. The van der Waals surface area contributed by atoms with Crippen molar-refractivity contribution in [3.63, 3.8) is 0 Å². The van der Waals surface area contributed by atoms with Gasteiger partial charge in [0.2, 0.25) is 0 Å². The number of hydrogen-bond acceptors (Lipinski definition) is 3. The van der Waals surface area contributed by atoms with Gasteiger partial charge in [0.1, 0.15) is 11.3 Å². The van der Waals surface area contributed by atoms with Crippen molar-refractivity contribution in [2.75, 3.05) is 0 Å². The van der Waals surface area contributed by atoms with Crippen LogP contribution in [-0.2, 0) is 0 Å². The molecule has 2 aliphatic carbocycles. The minimum absolute atomic E-state index is 0.0156. The largest absolute Gasteiger partial charge is 0.488 e. The van der Waals surface area contributed by atoms with Crippen molar-refractivity contribution in [3.8, 4) is 5.75 Å². The van der Waals surface area contributed by atoms with E-state index in [-0.39, 0.29) is 18.1 Å². The molecule has 1 amide bonds. The maximum Gasteiger partial charge on any atom is 0.251 e. The first-order chi connectivity index (χ1) is 14.6. The predicted octanol–water partition coefficient (Wildman–Crippen LogP) is 5.50. The third-order valence-electron chi connectivity index (χ3n) is 6.68. The monoisotopic (exact) mass is 420 g/mol. The van der Waals surface area contributed by atoms with Gasteiger partial charge in [0.15, 0.2) is 0 Å². The van der Waals surface area contributed by atoms with Crippen LogP contribution >= 0.6 is 11.6 Å². The van der Waals surface area contributed by atoms with E-state index in [0.29, 0.717) is 28.3 Å². The molecule has 1 aromatic heterocycles. The third-order valence-corrected chi connectivity index (χ3v) is 6.94. The number of amides is 1. The van der Waals surface area contributed by atoms with E-state index in [1.54, 1.807) is 24.3 Å². The summed E-state index contributed by atoms with van der Waals surface area (Å²) in [5.74, 6) is 2.68. The van der Waals surface area contributed by atoms with Crippen molar-refractivity contribution in [2.24, 2.45) is 17.8 Å². The lowest BCUT2D eigenvalue weighted by atomic mass is 10.00. The second-order valence-corrected chi connectivity index (χ2v) is 8.88. The fourth-order valence-corrected chi connectivity index (χ4v) is 5.34. The summed E-state index contributed by atoms with van der Waals surface area (Å²) in [5.41, 5.74) is 1.59. The van der Waals surface area contributed by atoms with Gasteiger partial charge in [-0.3, -0.25) is 9.78 Å². The van der Waals surface area contributed by atoms with Crippen LogP contribution in [0.5, 0.6) is 5.75 Å². The highest BCUT2D eigenvalue weighted by molar-refractivity contribution is 6.30. The van der Waals surface area contributed by atoms with Crippen LogP contribution in [-0.4, -0.2) is 23.0 Å². The van der Waals surface area contributed by atoms with Gasteiger partial charge in [-0.2, -0.15) is 0 Å². The Bertz CT molecular complexity index is 1050. The van der Waals surface area contributed by atoms with E-state index in [0.717, 1.165) is 35.9 Å². The SMILES string of the molecule is CC[C@H](NC(=O)c1ccc(Cl)cc1)C1[C@H]2CC(Oc3cccc4cccnc34)C[C@H]12. The summed E-state index contributed by atoms with van der Waals surface area (Å²) in [6.45, 7) is 2.15. The van der Waals surface area contributed by atoms with Crippen LogP contribution in [0.15, 0.2) is 60.8 Å². The van der Waals surface area contributed by atoms with E-state index >= 15 is 0 Å². The molecule has 3 atom stereocenters. The lowest BCUT2D eigenvalue weighted by Crippen LogP contribution is -2.37. The molecule has 5 rings (SSSR count). The molecule has 0 aliphatic heterocycles. The van der Waals surface area contributed by atoms with Crippen molar-refractivity contribution < 1.29 is 9.53 Å². The third kappa shape index (κ3) is 3.65. The number of fused-ring (bicyclic) bond motifs is 2. The van der Waals surface area contributed by atoms with Gasteiger partial charge in [-0.05, 0) is 73.4 Å². The molecule has 0 bridgehead atoms. The van der Waals surface area contributed by atoms with Crippen LogP contribution in [0, 0.1) is 17.8 Å². The fraction of sp³-hybridized carbons (Fsp3) is 0.360. The highest BCUT2D eigenvalue weighted by Gasteiger charge is 2.59. The predicted molar refractivity (Wildman–Crippen MR) is 119 cm³/mol. The van der Waals surface area contributed by atoms with Crippen LogP contribution in [0.1, 0.15) is 36.5 Å². The number of para-hydroxylation sites is 1. The van der Waals surface area contributed by atoms with E-state index in [4.69, 9.17) is 16.3 Å². The zero-order valence-electron chi connectivity index (χ0n) is 16.9. The molecular formula is C25H25ClN2O2. The maximum absolute atomic E-state index is 12.6. The van der Waals surface area contributed by atoms with Crippen molar-refractivity contribution in [2.45, 2.75) is 38.3 Å². The Morgan fingerprint density at radius 3 is 2.60 bits per heavy atom. The zero-order chi connectivity index (χ0) is 20.7. The summed E-state index contributed by atoms with van der Waals surface area (Å²) < 4.78 is 6.35. The highest BCUT2D eigenvalue weighted by Crippen LogP contribution is 2.60. The highest BCUT2D eigenvalue weighted by atomic mass is 35.5. The number of nitrogens with zero attached hydrogens (tertiary/aromatic N) is 1. The first-order valence-corrected chi connectivity index (χ1v) is 11.1. The van der Waals surface area contributed by atoms with Gasteiger partial charge >= 0.3 is 0 Å². The number of aromatic nitrogens is 1. The van der Waals surface area contributed by atoms with Gasteiger partial charge in [0.25, 0.3) is 5.91 Å². The molecule has 1 N–H and O–H groups in total. The molecule has 0 spiro atoms. The topological polar surface area (TPSA) is 51.2 Å². The Kier molecular flexibility index (Phi) is 5.11. The molecule has 2 fully saturated rings. The van der Waals surface area contributed by atoms with Crippen LogP contribution in [0.4, 0.5) is 0 Å². The lowest BCUT2D eigenvalue weighted by molar-refractivity contribution is 0.0924. The Morgan fingerprint density at radius 1 is 1.13 bits per heavy atom. The second-order valence-electron chi connectivity index (χ2n) is 8.44. The second kappa shape index (κ2) is 7.92. The Morgan fingerprint density at radius 2 is 1.87 bits per heavy atom. The number of pyridine rings is 1. The molecule has 2 aromatic carbocycles. The number of rotatable bonds is 6. The summed E-state index contributed by atoms with van der Waals surface area (Å²) in [7, 11) is 0. The standard InChI is InChI=1S/C25H25ClN2O2/c1-2-21(28-25(29)16-8-10-17(26)11-9-16)23-19-13-18(14-20(19)23)30-22-7-3-5-15-6-4-12-27-24(15)22/h3-12,18-21,23H,2,13-14H2,1H3,(H,28,29)/t18?,19-,20-,21-,23?/m0/s1. The van der Waals surface area contributed by atoms with Gasteiger partial charge in [-0.15, -0.1) is 0 Å². The van der Waals surface area contributed by atoms with Gasteiger partial charge in [-0.25, -0.2) is 0 Å². The van der Waals surface area contributed by atoms with Gasteiger partial charge in [-0.1, -0.05) is 36.7 Å². The van der Waals surface area contributed by atoms with E-state index in [1.807, 2.05) is 24.4 Å². The van der Waals surface area contributed by atoms with Gasteiger partial charge in [0.05, 0.1) is 6.10 Å². The summed E-state index contributed by atoms with van der Waals surface area (Å²) in [6.07, 6.45) is 5.08. The van der Waals surface area contributed by atoms with Crippen LogP contribution in [0.2, 0.25) is 5.02 Å². The minimum Gasteiger partial charge on any atom is -0.488 e. The molecule has 2 saturated carbocycles. The summed E-state index contributed by atoms with van der Waals surface area (Å²) >= 11 is 5.93. The van der Waals surface area contributed by atoms with Crippen molar-refractivity contribution in [3.05, 3.63) is 71.4 Å². The molecule has 1 heterocycles. The summed E-state index contributed by atoms with van der Waals surface area (Å²) in [5, 5.41) is 4.99. The molecule has 154 valence electrons. The van der Waals surface area contributed by atoms with Crippen LogP contribution in [0.3, 0.4) is 0 Å². The number of benzene rings is 2. The Labute approximate surface area is 181 Å². The molecule has 30 heavy (non-hydrogen) atoms.